The first-order chi connectivity index (χ1) is 12.8. The van der Waals surface area contributed by atoms with Gasteiger partial charge in [-0.3, -0.25) is 0 Å². The summed E-state index contributed by atoms with van der Waals surface area (Å²) in [7, 11) is 1.94. The fourth-order valence-electron chi connectivity index (χ4n) is 1.77. The van der Waals surface area contributed by atoms with Crippen molar-refractivity contribution in [3.63, 3.8) is 0 Å². The van der Waals surface area contributed by atoms with E-state index >= 15 is 0 Å². The third kappa shape index (κ3) is 21.7. The molecule has 0 heterocycles. The average Bonchev–Trinajstić information content (AvgIpc) is 2.64. The third-order valence-electron chi connectivity index (χ3n) is 3.19. The highest BCUT2D eigenvalue weighted by Crippen LogP contribution is 1.86. The van der Waals surface area contributed by atoms with Gasteiger partial charge in [-0.2, -0.15) is 0 Å². The third-order valence-corrected chi connectivity index (χ3v) is 3.19. The second-order valence-corrected chi connectivity index (χ2v) is 5.42. The van der Waals surface area contributed by atoms with Crippen molar-refractivity contribution < 1.29 is 38.6 Å². The molecule has 0 spiro atoms. The zero-order chi connectivity index (χ0) is 19.1. The highest BCUT2D eigenvalue weighted by Gasteiger charge is 1.97. The summed E-state index contributed by atoms with van der Waals surface area (Å²) in [6.07, 6.45) is 0. The molecule has 9 nitrogen and oxygen atoms in total. The van der Waals surface area contributed by atoms with E-state index in [0.29, 0.717) is 85.8 Å². The van der Waals surface area contributed by atoms with Crippen LogP contribution in [0.4, 0.5) is 0 Å². The van der Waals surface area contributed by atoms with Gasteiger partial charge in [0.05, 0.1) is 92.5 Å². The zero-order valence-corrected chi connectivity index (χ0v) is 16.1. The molecule has 0 aromatic carbocycles. The van der Waals surface area contributed by atoms with E-state index in [1.807, 2.05) is 11.9 Å². The molecule has 158 valence electrons. The lowest BCUT2D eigenvalue weighted by Crippen LogP contribution is -2.26. The summed E-state index contributed by atoms with van der Waals surface area (Å²) in [5.41, 5.74) is 0. The van der Waals surface area contributed by atoms with E-state index in [1.54, 1.807) is 0 Å². The molecular weight excluding hydrogens is 346 g/mol. The first kappa shape index (κ1) is 25.6. The molecule has 0 saturated heterocycles. The fourth-order valence-corrected chi connectivity index (χ4v) is 1.77. The fraction of sp³-hybridized carbons (Fsp3) is 1.00. The van der Waals surface area contributed by atoms with Crippen molar-refractivity contribution in [3.05, 3.63) is 0 Å². The highest BCUT2D eigenvalue weighted by molar-refractivity contribution is 4.48. The van der Waals surface area contributed by atoms with Crippen molar-refractivity contribution in [1.82, 2.24) is 4.90 Å². The van der Waals surface area contributed by atoms with Gasteiger partial charge in [0, 0.05) is 13.1 Å². The van der Waals surface area contributed by atoms with E-state index < -0.39 is 0 Å². The van der Waals surface area contributed by atoms with E-state index in [-0.39, 0.29) is 13.2 Å². The molecule has 0 rings (SSSR count). The van der Waals surface area contributed by atoms with Crippen molar-refractivity contribution in [3.8, 4) is 0 Å². The Bertz CT molecular complexity index is 261. The first-order valence-corrected chi connectivity index (χ1v) is 9.18. The lowest BCUT2D eigenvalue weighted by Gasteiger charge is -2.14. The molecule has 0 amide bonds. The molecule has 0 fully saturated rings. The molecule has 26 heavy (non-hydrogen) atoms. The predicted octanol–water partition coefficient (Wildman–Crippen LogP) is -0.998. The molecule has 0 atom stereocenters. The van der Waals surface area contributed by atoms with Crippen molar-refractivity contribution in [2.45, 2.75) is 0 Å². The van der Waals surface area contributed by atoms with E-state index in [0.717, 1.165) is 6.54 Å². The number of hydrogen-bond acceptors (Lipinski definition) is 9. The van der Waals surface area contributed by atoms with Crippen LogP contribution in [0.5, 0.6) is 0 Å². The Hall–Kier alpha value is -0.360. The number of rotatable bonds is 22. The number of ether oxygens (including phenoxy) is 6. The Labute approximate surface area is 157 Å². The molecule has 0 aromatic heterocycles. The molecule has 0 aliphatic carbocycles. The Morgan fingerprint density at radius 2 is 0.808 bits per heavy atom. The second-order valence-electron chi connectivity index (χ2n) is 5.42. The smallest absolute Gasteiger partial charge is 0.0701 e. The summed E-state index contributed by atoms with van der Waals surface area (Å²) < 4.78 is 31.9. The minimum absolute atomic E-state index is 0.0336. The molecule has 0 saturated carbocycles. The predicted molar refractivity (Wildman–Crippen MR) is 96.6 cm³/mol. The quantitative estimate of drug-likeness (QED) is 0.228. The molecule has 0 aliphatic heterocycles. The van der Waals surface area contributed by atoms with Crippen molar-refractivity contribution in [1.29, 1.82) is 0 Å². The lowest BCUT2D eigenvalue weighted by atomic mass is 10.5. The molecule has 0 aliphatic rings. The van der Waals surface area contributed by atoms with Gasteiger partial charge in [0.1, 0.15) is 0 Å². The molecule has 9 heteroatoms. The lowest BCUT2D eigenvalue weighted by molar-refractivity contribution is -0.0187. The standard InChI is InChI=1S/C17H37NO8/c1-18(2-4-19)3-6-21-8-10-23-12-14-25-16-17-26-15-13-24-11-9-22-7-5-20/h19-20H,2-17H2,1H3. The second kappa shape index (κ2) is 22.7. The van der Waals surface area contributed by atoms with Crippen LogP contribution in [0.15, 0.2) is 0 Å². The number of aliphatic hydroxyl groups excluding tert-OH is 2. The number of hydrogen-bond donors (Lipinski definition) is 2. The molecule has 0 bridgehead atoms. The number of nitrogens with zero attached hydrogens (tertiary/aromatic N) is 1. The maximum absolute atomic E-state index is 8.76. The Morgan fingerprint density at radius 1 is 0.462 bits per heavy atom. The van der Waals surface area contributed by atoms with Crippen molar-refractivity contribution in [2.24, 2.45) is 0 Å². The van der Waals surface area contributed by atoms with E-state index in [4.69, 9.17) is 38.6 Å². The van der Waals surface area contributed by atoms with Gasteiger partial charge in [-0.25, -0.2) is 0 Å². The van der Waals surface area contributed by atoms with Gasteiger partial charge in [-0.15, -0.1) is 0 Å². The molecule has 0 radical (unpaired) electrons. The topological polar surface area (TPSA) is 99.1 Å². The van der Waals surface area contributed by atoms with Crippen LogP contribution >= 0.6 is 0 Å². The summed E-state index contributed by atoms with van der Waals surface area (Å²) in [6, 6.07) is 0. The first-order valence-electron chi connectivity index (χ1n) is 9.18. The van der Waals surface area contributed by atoms with Gasteiger partial charge >= 0.3 is 0 Å². The van der Waals surface area contributed by atoms with Crippen LogP contribution in [0.2, 0.25) is 0 Å². The van der Waals surface area contributed by atoms with Crippen LogP contribution in [0.1, 0.15) is 0 Å². The summed E-state index contributed by atoms with van der Waals surface area (Å²) in [5, 5.41) is 17.3. The van der Waals surface area contributed by atoms with Gasteiger partial charge in [0.2, 0.25) is 0 Å². The minimum atomic E-state index is 0.0336. The van der Waals surface area contributed by atoms with Crippen molar-refractivity contribution in [2.75, 3.05) is 113 Å². The molecule has 2 N–H and O–H groups in total. The van der Waals surface area contributed by atoms with Crippen LogP contribution in [0, 0.1) is 0 Å². The van der Waals surface area contributed by atoms with Crippen molar-refractivity contribution >= 4 is 0 Å². The number of aliphatic hydroxyl groups is 2. The largest absolute Gasteiger partial charge is 0.395 e. The summed E-state index contributed by atoms with van der Waals surface area (Å²) in [4.78, 5) is 2.01. The molecular formula is C17H37NO8. The van der Waals surface area contributed by atoms with Gasteiger partial charge < -0.3 is 43.5 Å². The van der Waals surface area contributed by atoms with E-state index in [2.05, 4.69) is 0 Å². The summed E-state index contributed by atoms with van der Waals surface area (Å²) >= 11 is 0. The van der Waals surface area contributed by atoms with Gasteiger partial charge in [0.25, 0.3) is 0 Å². The van der Waals surface area contributed by atoms with Gasteiger partial charge in [0.15, 0.2) is 0 Å². The van der Waals surface area contributed by atoms with Crippen LogP contribution in [-0.2, 0) is 28.4 Å². The van der Waals surface area contributed by atoms with Gasteiger partial charge in [-0.1, -0.05) is 0 Å². The Balaban J connectivity index is 3.01. The zero-order valence-electron chi connectivity index (χ0n) is 16.1. The maximum Gasteiger partial charge on any atom is 0.0701 e. The molecule has 0 unspecified atom stereocenters. The van der Waals surface area contributed by atoms with Crippen LogP contribution in [0.3, 0.4) is 0 Å². The SMILES string of the molecule is CN(CCO)CCOCCOCCOCCOCCOCCOCCO. The monoisotopic (exact) mass is 383 g/mol. The van der Waals surface area contributed by atoms with Crippen LogP contribution < -0.4 is 0 Å². The van der Waals surface area contributed by atoms with E-state index in [1.165, 1.54) is 0 Å². The Kier molecular flexibility index (Phi) is 22.4. The van der Waals surface area contributed by atoms with Crippen LogP contribution in [-0.4, -0.2) is 128 Å². The summed E-state index contributed by atoms with van der Waals surface area (Å²) in [5.74, 6) is 0. The minimum Gasteiger partial charge on any atom is -0.395 e. The molecule has 0 aromatic rings. The van der Waals surface area contributed by atoms with Crippen LogP contribution in [0.25, 0.3) is 0 Å². The maximum atomic E-state index is 8.76. The van der Waals surface area contributed by atoms with E-state index in [9.17, 15) is 0 Å². The average molecular weight is 383 g/mol. The van der Waals surface area contributed by atoms with Gasteiger partial charge in [-0.05, 0) is 7.05 Å². The summed E-state index contributed by atoms with van der Waals surface area (Å²) in [6.45, 7) is 7.86. The highest BCUT2D eigenvalue weighted by atomic mass is 16.6. The number of likely N-dealkylation sites (N-methyl/N-ethyl adjacent to an activating group) is 1. The Morgan fingerprint density at radius 3 is 1.15 bits per heavy atom. The normalized spacial score (nSPS) is 11.5.